The number of benzene rings is 1. The minimum absolute atomic E-state index is 0.0726. The van der Waals surface area contributed by atoms with Crippen LogP contribution in [0.1, 0.15) is 65.4 Å². The van der Waals surface area contributed by atoms with Gasteiger partial charge in [0.25, 0.3) is 0 Å². The van der Waals surface area contributed by atoms with Crippen molar-refractivity contribution < 1.29 is 28.7 Å². The van der Waals surface area contributed by atoms with E-state index >= 15 is 0 Å². The Morgan fingerprint density at radius 2 is 1.93 bits per heavy atom. The molecule has 2 fully saturated rings. The van der Waals surface area contributed by atoms with Crippen molar-refractivity contribution in [1.82, 2.24) is 25.8 Å². The van der Waals surface area contributed by atoms with Gasteiger partial charge in [-0.15, -0.1) is 0 Å². The summed E-state index contributed by atoms with van der Waals surface area (Å²) in [4.78, 5) is 58.3. The fraction of sp³-hybridized carbons (Fsp3) is 0.625. The number of fused-ring (bicyclic) bond motifs is 4. The van der Waals surface area contributed by atoms with E-state index in [9.17, 15) is 19.2 Å². The standard InChI is InChI=1S/C32H47N5O6/c1-7-20(4)27(33-5)30(39)35-23(17-19(2)3)31(40)37-16-13-26-28(37)32(41)36-15-8-9-24(36)29(38)34-14-12-21-18-22(43-26)10-11-25(21)42-6/h10-12,14,18-20,23-24,26-28,33H,7-9,13,15-17H2,1-6H3,(H,34,38)(H,35,39)/b14-12+/t20?,23-,24-,26-,27+,28-/m0/s1. The average molecular weight is 598 g/mol. The fourth-order valence-electron chi connectivity index (χ4n) is 6.36. The first-order chi connectivity index (χ1) is 20.6. The molecule has 0 aliphatic carbocycles. The van der Waals surface area contributed by atoms with Crippen molar-refractivity contribution in [2.75, 3.05) is 27.2 Å². The van der Waals surface area contributed by atoms with Crippen molar-refractivity contribution in [3.05, 3.63) is 30.0 Å². The third kappa shape index (κ3) is 7.14. The quantitative estimate of drug-likeness (QED) is 0.399. The van der Waals surface area contributed by atoms with Gasteiger partial charge in [0.15, 0.2) is 0 Å². The van der Waals surface area contributed by atoms with E-state index in [2.05, 4.69) is 16.0 Å². The Balaban J connectivity index is 1.69. The lowest BCUT2D eigenvalue weighted by Gasteiger charge is -2.35. The van der Waals surface area contributed by atoms with E-state index in [0.717, 1.165) is 6.42 Å². The lowest BCUT2D eigenvalue weighted by Crippen LogP contribution is -2.60. The molecule has 3 aliphatic rings. The molecule has 2 bridgehead atoms. The molecule has 4 rings (SSSR count). The molecule has 43 heavy (non-hydrogen) atoms. The summed E-state index contributed by atoms with van der Waals surface area (Å²) in [6.07, 6.45) is 5.52. The smallest absolute Gasteiger partial charge is 0.249 e. The van der Waals surface area contributed by atoms with Crippen LogP contribution >= 0.6 is 0 Å². The molecule has 1 unspecified atom stereocenters. The van der Waals surface area contributed by atoms with Gasteiger partial charge in [0.05, 0.1) is 13.2 Å². The second-order valence-corrected chi connectivity index (χ2v) is 12.2. The van der Waals surface area contributed by atoms with E-state index in [-0.39, 0.29) is 35.5 Å². The number of methoxy groups -OCH3 is 1. The maximum atomic E-state index is 14.3. The maximum absolute atomic E-state index is 14.3. The molecule has 2 saturated heterocycles. The van der Waals surface area contributed by atoms with Crippen LogP contribution in [0.2, 0.25) is 0 Å². The highest BCUT2D eigenvalue weighted by molar-refractivity contribution is 5.96. The zero-order chi connectivity index (χ0) is 31.3. The largest absolute Gasteiger partial charge is 0.496 e. The molecule has 0 radical (unpaired) electrons. The number of ether oxygens (including phenoxy) is 2. The second-order valence-electron chi connectivity index (χ2n) is 12.2. The van der Waals surface area contributed by atoms with E-state index in [1.54, 1.807) is 54.4 Å². The Morgan fingerprint density at radius 1 is 1.16 bits per heavy atom. The van der Waals surface area contributed by atoms with Crippen molar-refractivity contribution in [2.45, 2.75) is 90.1 Å². The molecule has 3 heterocycles. The number of nitrogens with zero attached hydrogens (tertiary/aromatic N) is 2. The molecule has 6 atom stereocenters. The number of amides is 4. The highest BCUT2D eigenvalue weighted by Crippen LogP contribution is 2.32. The predicted octanol–water partition coefficient (Wildman–Crippen LogP) is 2.30. The average Bonchev–Trinajstić information content (AvgIpc) is 3.64. The Hall–Kier alpha value is -3.60. The maximum Gasteiger partial charge on any atom is 0.249 e. The summed E-state index contributed by atoms with van der Waals surface area (Å²) in [6.45, 7) is 8.72. The Labute approximate surface area is 254 Å². The van der Waals surface area contributed by atoms with Crippen molar-refractivity contribution in [3.63, 3.8) is 0 Å². The second kappa shape index (κ2) is 14.2. The number of likely N-dealkylation sites (N-methyl/N-ethyl adjacent to an activating group) is 1. The topological polar surface area (TPSA) is 129 Å². The summed E-state index contributed by atoms with van der Waals surface area (Å²) < 4.78 is 11.9. The van der Waals surface area contributed by atoms with Gasteiger partial charge in [-0.2, -0.15) is 0 Å². The molecule has 236 valence electrons. The van der Waals surface area contributed by atoms with E-state index in [4.69, 9.17) is 9.47 Å². The zero-order valence-electron chi connectivity index (χ0n) is 26.2. The molecule has 1 aromatic carbocycles. The molecule has 4 amide bonds. The van der Waals surface area contributed by atoms with Gasteiger partial charge in [0.1, 0.15) is 35.7 Å². The van der Waals surface area contributed by atoms with E-state index in [1.807, 2.05) is 27.7 Å². The highest BCUT2D eigenvalue weighted by atomic mass is 16.5. The van der Waals surface area contributed by atoms with Gasteiger partial charge in [-0.25, -0.2) is 0 Å². The van der Waals surface area contributed by atoms with Crippen LogP contribution in [0.3, 0.4) is 0 Å². The number of carbonyl (C=O) groups is 4. The molecule has 0 spiro atoms. The summed E-state index contributed by atoms with van der Waals surface area (Å²) >= 11 is 0. The van der Waals surface area contributed by atoms with Crippen LogP contribution in [-0.4, -0.2) is 90.9 Å². The highest BCUT2D eigenvalue weighted by Gasteiger charge is 2.49. The van der Waals surface area contributed by atoms with Crippen LogP contribution in [0, 0.1) is 11.8 Å². The molecular formula is C32H47N5O6. The van der Waals surface area contributed by atoms with Gasteiger partial charge in [-0.3, -0.25) is 19.2 Å². The number of hydrogen-bond donors (Lipinski definition) is 3. The van der Waals surface area contributed by atoms with Crippen molar-refractivity contribution >= 4 is 29.7 Å². The first-order valence-electron chi connectivity index (χ1n) is 15.5. The molecular weight excluding hydrogens is 550 g/mol. The predicted molar refractivity (Wildman–Crippen MR) is 163 cm³/mol. The van der Waals surface area contributed by atoms with Crippen molar-refractivity contribution in [2.24, 2.45) is 11.8 Å². The lowest BCUT2D eigenvalue weighted by molar-refractivity contribution is -0.150. The Morgan fingerprint density at radius 3 is 2.60 bits per heavy atom. The minimum Gasteiger partial charge on any atom is -0.496 e. The molecule has 11 nitrogen and oxygen atoms in total. The number of rotatable bonds is 9. The number of carbonyl (C=O) groups excluding carboxylic acids is 4. The van der Waals surface area contributed by atoms with Gasteiger partial charge in [-0.1, -0.05) is 34.1 Å². The Kier molecular flexibility index (Phi) is 10.7. The van der Waals surface area contributed by atoms with Crippen LogP contribution in [-0.2, 0) is 19.2 Å². The molecule has 1 aromatic rings. The minimum atomic E-state index is -0.943. The lowest BCUT2D eigenvalue weighted by atomic mass is 9.96. The van der Waals surface area contributed by atoms with E-state index in [1.165, 1.54) is 0 Å². The molecule has 11 heteroatoms. The van der Waals surface area contributed by atoms with Gasteiger partial charge in [0, 0.05) is 31.3 Å². The summed E-state index contributed by atoms with van der Waals surface area (Å²) in [5.74, 6) is 0.183. The van der Waals surface area contributed by atoms with Crippen LogP contribution in [0.25, 0.3) is 6.08 Å². The van der Waals surface area contributed by atoms with Gasteiger partial charge in [0.2, 0.25) is 23.6 Å². The van der Waals surface area contributed by atoms with Crippen molar-refractivity contribution in [1.29, 1.82) is 0 Å². The van der Waals surface area contributed by atoms with Crippen LogP contribution in [0.5, 0.6) is 11.5 Å². The first-order valence-corrected chi connectivity index (χ1v) is 15.5. The molecule has 3 N–H and O–H groups in total. The van der Waals surface area contributed by atoms with Gasteiger partial charge >= 0.3 is 0 Å². The van der Waals surface area contributed by atoms with Gasteiger partial charge in [-0.05, 0) is 62.4 Å². The van der Waals surface area contributed by atoms with Crippen molar-refractivity contribution in [3.8, 4) is 11.5 Å². The Bertz CT molecular complexity index is 1220. The normalized spacial score (nSPS) is 24.8. The molecule has 0 saturated carbocycles. The van der Waals surface area contributed by atoms with Crippen LogP contribution < -0.4 is 25.4 Å². The summed E-state index contributed by atoms with van der Waals surface area (Å²) in [5, 5.41) is 8.91. The zero-order valence-corrected chi connectivity index (χ0v) is 26.2. The summed E-state index contributed by atoms with van der Waals surface area (Å²) in [7, 11) is 3.31. The van der Waals surface area contributed by atoms with E-state index < -0.39 is 30.3 Å². The number of hydrogen-bond acceptors (Lipinski definition) is 7. The monoisotopic (exact) mass is 597 g/mol. The summed E-state index contributed by atoms with van der Waals surface area (Å²) in [6, 6.07) is 2.48. The molecule has 0 aromatic heterocycles. The van der Waals surface area contributed by atoms with E-state index in [0.29, 0.717) is 55.8 Å². The molecule has 3 aliphatic heterocycles. The number of nitrogens with one attached hydrogen (secondary N) is 3. The number of likely N-dealkylation sites (tertiary alicyclic amines) is 1. The van der Waals surface area contributed by atoms with Crippen LogP contribution in [0.15, 0.2) is 24.4 Å². The van der Waals surface area contributed by atoms with Crippen LogP contribution in [0.4, 0.5) is 0 Å². The SMILES string of the molecule is CCC(C)[C@@H](NC)C(=O)N[C@@H](CC(C)C)C(=O)N1CC[C@@H]2Oc3ccc(OC)c(c3)/C=C/NC(=O)[C@@H]3CCCN3C(=O)[C@H]21. The van der Waals surface area contributed by atoms with Gasteiger partial charge < -0.3 is 35.2 Å². The fourth-order valence-corrected chi connectivity index (χ4v) is 6.36. The third-order valence-corrected chi connectivity index (χ3v) is 8.82. The third-order valence-electron chi connectivity index (χ3n) is 8.82. The first kappa shape index (κ1) is 32.3. The summed E-state index contributed by atoms with van der Waals surface area (Å²) in [5.41, 5.74) is 0.705.